The standard InChI is InChI=1S/C36H53N3O3/c1-2-30(39-35(40)31-23-28-19-15-11-7-3-5-9-13-17-21-33(31)37-25-28)27-42-36(41)32-24-29-20-16-12-8-4-6-10-14-18-22-34(32)38-26-29/h23-26,30H,2-22,27H2,1H3,(H,39,40)/t30-/m0/s1. The van der Waals surface area contributed by atoms with Crippen molar-refractivity contribution < 1.29 is 14.3 Å². The third-order valence-corrected chi connectivity index (χ3v) is 9.02. The fraction of sp³-hybridized carbons (Fsp3) is 0.667. The number of fused-ring (bicyclic) bond motifs is 22. The molecule has 0 fully saturated rings. The summed E-state index contributed by atoms with van der Waals surface area (Å²) in [6.45, 7) is 2.16. The number of hydrogen-bond acceptors (Lipinski definition) is 5. The Balaban J connectivity index is 1.40. The van der Waals surface area contributed by atoms with Crippen LogP contribution in [0.4, 0.5) is 0 Å². The third-order valence-electron chi connectivity index (χ3n) is 9.02. The van der Waals surface area contributed by atoms with Crippen molar-refractivity contribution in [2.24, 2.45) is 0 Å². The summed E-state index contributed by atoms with van der Waals surface area (Å²) >= 11 is 0. The summed E-state index contributed by atoms with van der Waals surface area (Å²) in [5, 5.41) is 3.16. The number of esters is 1. The number of carbonyl (C=O) groups is 2. The van der Waals surface area contributed by atoms with Crippen molar-refractivity contribution >= 4 is 11.9 Å². The first-order chi connectivity index (χ1) is 20.6. The molecule has 0 radical (unpaired) electrons. The van der Waals surface area contributed by atoms with Gasteiger partial charge in [0.1, 0.15) is 6.61 Å². The minimum atomic E-state index is -0.329. The molecule has 6 nitrogen and oxygen atoms in total. The highest BCUT2D eigenvalue weighted by Crippen LogP contribution is 2.20. The molecule has 1 atom stereocenters. The number of carbonyl (C=O) groups excluding carboxylic acids is 2. The Hall–Kier alpha value is -2.76. The van der Waals surface area contributed by atoms with Crippen LogP contribution in [0.3, 0.4) is 0 Å². The Labute approximate surface area is 253 Å². The van der Waals surface area contributed by atoms with E-state index in [9.17, 15) is 9.59 Å². The second-order valence-corrected chi connectivity index (χ2v) is 12.5. The van der Waals surface area contributed by atoms with Crippen LogP contribution in [0.2, 0.25) is 0 Å². The van der Waals surface area contributed by atoms with Crippen molar-refractivity contribution in [2.45, 2.75) is 148 Å². The van der Waals surface area contributed by atoms with Crippen LogP contribution in [0.5, 0.6) is 0 Å². The fourth-order valence-corrected chi connectivity index (χ4v) is 6.26. The molecule has 0 saturated heterocycles. The Morgan fingerprint density at radius 2 is 1.10 bits per heavy atom. The second-order valence-electron chi connectivity index (χ2n) is 12.5. The van der Waals surface area contributed by atoms with E-state index in [1.54, 1.807) is 0 Å². The molecular formula is C36H53N3O3. The highest BCUT2D eigenvalue weighted by molar-refractivity contribution is 5.95. The average molecular weight is 576 g/mol. The summed E-state index contributed by atoms with van der Waals surface area (Å²) in [4.78, 5) is 36.4. The van der Waals surface area contributed by atoms with Crippen LogP contribution in [0, 0.1) is 0 Å². The number of amides is 1. The van der Waals surface area contributed by atoms with Crippen molar-refractivity contribution in [3.05, 3.63) is 58.2 Å². The smallest absolute Gasteiger partial charge is 0.340 e. The minimum absolute atomic E-state index is 0.111. The third kappa shape index (κ3) is 10.5. The number of nitrogens with zero attached hydrogens (tertiary/aromatic N) is 2. The number of pyridine rings is 2. The highest BCUT2D eigenvalue weighted by Gasteiger charge is 2.21. The van der Waals surface area contributed by atoms with Gasteiger partial charge in [0.15, 0.2) is 0 Å². The molecule has 0 aromatic carbocycles. The topological polar surface area (TPSA) is 81.2 Å². The van der Waals surface area contributed by atoms with Crippen LogP contribution in [0.25, 0.3) is 0 Å². The van der Waals surface area contributed by atoms with Gasteiger partial charge in [0.05, 0.1) is 28.6 Å². The molecule has 1 N–H and O–H groups in total. The number of ether oxygens (including phenoxy) is 1. The molecule has 2 aliphatic carbocycles. The summed E-state index contributed by atoms with van der Waals surface area (Å²) in [6, 6.07) is 3.78. The van der Waals surface area contributed by atoms with E-state index in [1.807, 2.05) is 31.5 Å². The van der Waals surface area contributed by atoms with Gasteiger partial charge in [-0.3, -0.25) is 14.8 Å². The van der Waals surface area contributed by atoms with Crippen LogP contribution in [-0.4, -0.2) is 34.5 Å². The molecule has 6 heteroatoms. The van der Waals surface area contributed by atoms with E-state index < -0.39 is 0 Å². The zero-order chi connectivity index (χ0) is 29.4. The first-order valence-electron chi connectivity index (χ1n) is 17.1. The van der Waals surface area contributed by atoms with Crippen LogP contribution in [0.1, 0.15) is 159 Å². The van der Waals surface area contributed by atoms with Gasteiger partial charge in [0.2, 0.25) is 0 Å². The Bertz CT molecular complexity index is 1130. The molecule has 4 heterocycles. The van der Waals surface area contributed by atoms with Crippen molar-refractivity contribution in [1.29, 1.82) is 0 Å². The fourth-order valence-electron chi connectivity index (χ4n) is 6.26. The quantitative estimate of drug-likeness (QED) is 0.351. The van der Waals surface area contributed by atoms with E-state index in [0.717, 1.165) is 73.9 Å². The van der Waals surface area contributed by atoms with Crippen LogP contribution in [0.15, 0.2) is 24.5 Å². The molecule has 0 saturated carbocycles. The van der Waals surface area contributed by atoms with E-state index in [0.29, 0.717) is 17.5 Å². The maximum Gasteiger partial charge on any atom is 0.340 e. The number of aromatic nitrogens is 2. The largest absolute Gasteiger partial charge is 0.460 e. The molecule has 42 heavy (non-hydrogen) atoms. The van der Waals surface area contributed by atoms with E-state index in [1.165, 1.54) is 77.0 Å². The summed E-state index contributed by atoms with van der Waals surface area (Å²) < 4.78 is 5.85. The molecule has 0 spiro atoms. The lowest BCUT2D eigenvalue weighted by Crippen LogP contribution is -2.39. The van der Waals surface area contributed by atoms with Gasteiger partial charge >= 0.3 is 5.97 Å². The molecule has 2 aromatic rings. The van der Waals surface area contributed by atoms with Gasteiger partial charge in [0, 0.05) is 12.4 Å². The highest BCUT2D eigenvalue weighted by atomic mass is 16.5. The zero-order valence-corrected chi connectivity index (χ0v) is 26.1. The number of nitrogens with one attached hydrogen (secondary N) is 1. The monoisotopic (exact) mass is 575 g/mol. The lowest BCUT2D eigenvalue weighted by Gasteiger charge is -2.19. The molecule has 4 aliphatic rings. The van der Waals surface area contributed by atoms with Crippen LogP contribution in [-0.2, 0) is 30.4 Å². The maximum atomic E-state index is 13.5. The summed E-state index contributed by atoms with van der Waals surface area (Å²) in [5.41, 5.74) is 5.23. The Kier molecular flexibility index (Phi) is 13.8. The number of aryl methyl sites for hydroxylation is 4. The van der Waals surface area contributed by atoms with Crippen LogP contribution >= 0.6 is 0 Å². The summed E-state index contributed by atoms with van der Waals surface area (Å²) in [5.74, 6) is -0.440. The van der Waals surface area contributed by atoms with Gasteiger partial charge in [-0.2, -0.15) is 0 Å². The summed E-state index contributed by atoms with van der Waals surface area (Å²) in [6.07, 6.45) is 27.6. The first-order valence-corrected chi connectivity index (χ1v) is 17.1. The van der Waals surface area contributed by atoms with Gasteiger partial charge in [0.25, 0.3) is 5.91 Å². The molecule has 1 amide bonds. The van der Waals surface area contributed by atoms with E-state index >= 15 is 0 Å². The maximum absolute atomic E-state index is 13.5. The molecule has 230 valence electrons. The SMILES string of the molecule is CC[C@@H](COC(=O)c1cc2cnc1CCCCCCCCCC2)NC(=O)c1cc2cnc1CCCCCCCCCC2. The van der Waals surface area contributed by atoms with Crippen molar-refractivity contribution in [3.63, 3.8) is 0 Å². The lowest BCUT2D eigenvalue weighted by molar-refractivity contribution is 0.0452. The zero-order valence-electron chi connectivity index (χ0n) is 26.1. The first kappa shape index (κ1) is 32.2. The molecular weight excluding hydrogens is 522 g/mol. The van der Waals surface area contributed by atoms with Gasteiger partial charge in [-0.05, 0) is 81.0 Å². The molecule has 2 aromatic heterocycles. The Morgan fingerprint density at radius 3 is 1.60 bits per heavy atom. The van der Waals surface area contributed by atoms with E-state index in [4.69, 9.17) is 14.7 Å². The number of rotatable bonds is 6. The van der Waals surface area contributed by atoms with Crippen molar-refractivity contribution in [1.82, 2.24) is 15.3 Å². The van der Waals surface area contributed by atoms with Gasteiger partial charge < -0.3 is 10.1 Å². The molecule has 6 rings (SSSR count). The Morgan fingerprint density at radius 1 is 0.667 bits per heavy atom. The van der Waals surface area contributed by atoms with Gasteiger partial charge in [-0.25, -0.2) is 4.79 Å². The lowest BCUT2D eigenvalue weighted by atomic mass is 9.99. The molecule has 4 bridgehead atoms. The minimum Gasteiger partial charge on any atom is -0.460 e. The number of hydrogen-bond donors (Lipinski definition) is 1. The molecule has 2 aliphatic heterocycles. The summed E-state index contributed by atoms with van der Waals surface area (Å²) in [7, 11) is 0. The predicted molar refractivity (Wildman–Crippen MR) is 169 cm³/mol. The molecule has 0 unspecified atom stereocenters. The van der Waals surface area contributed by atoms with E-state index in [-0.39, 0.29) is 24.5 Å². The predicted octanol–water partition coefficient (Wildman–Crippen LogP) is 8.28. The second kappa shape index (κ2) is 18.0. The van der Waals surface area contributed by atoms with Crippen molar-refractivity contribution in [3.8, 4) is 0 Å². The van der Waals surface area contributed by atoms with Crippen LogP contribution < -0.4 is 5.32 Å². The normalized spacial score (nSPS) is 18.4. The average Bonchev–Trinajstić information content (AvgIpc) is 3.01. The van der Waals surface area contributed by atoms with Crippen molar-refractivity contribution in [2.75, 3.05) is 6.61 Å². The van der Waals surface area contributed by atoms with Gasteiger partial charge in [-0.15, -0.1) is 0 Å². The van der Waals surface area contributed by atoms with E-state index in [2.05, 4.69) is 5.32 Å². The van der Waals surface area contributed by atoms with Gasteiger partial charge in [-0.1, -0.05) is 84.0 Å².